The molecule has 1 aromatic heterocycles. The molecule has 3 aromatic rings. The monoisotopic (exact) mass is 416 g/mol. The Labute approximate surface area is 172 Å². The van der Waals surface area contributed by atoms with Crippen molar-refractivity contribution in [2.75, 3.05) is 13.1 Å². The number of carbonyl (C=O) groups excluding carboxylic acids is 2. The van der Waals surface area contributed by atoms with Crippen molar-refractivity contribution >= 4 is 35.0 Å². The van der Waals surface area contributed by atoms with Crippen molar-refractivity contribution in [1.82, 2.24) is 20.4 Å². The maximum absolute atomic E-state index is 12.5. The van der Waals surface area contributed by atoms with E-state index in [0.717, 1.165) is 5.69 Å². The van der Waals surface area contributed by atoms with Crippen LogP contribution in [-0.2, 0) is 0 Å². The summed E-state index contributed by atoms with van der Waals surface area (Å²) < 4.78 is 1.52. The van der Waals surface area contributed by atoms with Crippen LogP contribution in [0, 0.1) is 6.92 Å². The predicted octanol–water partition coefficient (Wildman–Crippen LogP) is 3.65. The van der Waals surface area contributed by atoms with E-state index in [1.807, 2.05) is 30.3 Å². The predicted molar refractivity (Wildman–Crippen MR) is 109 cm³/mol. The molecule has 6 nitrogen and oxygen atoms in total. The molecule has 0 atom stereocenters. The summed E-state index contributed by atoms with van der Waals surface area (Å²) in [5.41, 5.74) is 1.98. The fraction of sp³-hybridized carbons (Fsp3) is 0.150. The van der Waals surface area contributed by atoms with E-state index >= 15 is 0 Å². The first-order valence-electron chi connectivity index (χ1n) is 8.60. The summed E-state index contributed by atoms with van der Waals surface area (Å²) in [7, 11) is 0. The first kappa shape index (κ1) is 19.9. The van der Waals surface area contributed by atoms with Crippen molar-refractivity contribution in [2.45, 2.75) is 6.92 Å². The van der Waals surface area contributed by atoms with Gasteiger partial charge in [0, 0.05) is 13.1 Å². The van der Waals surface area contributed by atoms with Crippen LogP contribution < -0.4 is 10.6 Å². The fourth-order valence-electron chi connectivity index (χ4n) is 2.68. The van der Waals surface area contributed by atoms with Gasteiger partial charge in [-0.3, -0.25) is 9.59 Å². The Kier molecular flexibility index (Phi) is 6.34. The Morgan fingerprint density at radius 1 is 0.929 bits per heavy atom. The van der Waals surface area contributed by atoms with Crippen LogP contribution in [0.3, 0.4) is 0 Å². The third-order valence-electron chi connectivity index (χ3n) is 4.05. The standard InChI is InChI=1S/C20H18Cl2N4O2/c1-13-17(18(22)26(25-13)14-7-3-2-4-8-14)20(28)24-12-11-23-19(27)15-9-5-6-10-16(15)21/h2-10H,11-12H2,1H3,(H,23,27)(H,24,28). The maximum atomic E-state index is 12.5. The number of aryl methyl sites for hydroxylation is 1. The zero-order valence-electron chi connectivity index (χ0n) is 15.1. The molecule has 0 aliphatic rings. The highest BCUT2D eigenvalue weighted by atomic mass is 35.5. The summed E-state index contributed by atoms with van der Waals surface area (Å²) in [6.45, 7) is 2.21. The minimum Gasteiger partial charge on any atom is -0.350 e. The van der Waals surface area contributed by atoms with Gasteiger partial charge < -0.3 is 10.6 Å². The molecule has 28 heavy (non-hydrogen) atoms. The van der Waals surface area contributed by atoms with Crippen LogP contribution in [0.15, 0.2) is 54.6 Å². The second-order valence-corrected chi connectivity index (χ2v) is 6.76. The normalized spacial score (nSPS) is 10.5. The number of amides is 2. The summed E-state index contributed by atoms with van der Waals surface area (Å²) in [4.78, 5) is 24.6. The molecular formula is C20H18Cl2N4O2. The lowest BCUT2D eigenvalue weighted by molar-refractivity contribution is 0.0927. The van der Waals surface area contributed by atoms with Gasteiger partial charge in [0.25, 0.3) is 11.8 Å². The number of para-hydroxylation sites is 1. The minimum absolute atomic E-state index is 0.237. The molecule has 0 fully saturated rings. The van der Waals surface area contributed by atoms with Crippen molar-refractivity contribution in [3.63, 3.8) is 0 Å². The number of hydrogen-bond acceptors (Lipinski definition) is 3. The number of rotatable bonds is 6. The Balaban J connectivity index is 1.59. The number of nitrogens with zero attached hydrogens (tertiary/aromatic N) is 2. The highest BCUT2D eigenvalue weighted by Crippen LogP contribution is 2.23. The number of benzene rings is 2. The van der Waals surface area contributed by atoms with Gasteiger partial charge in [-0.1, -0.05) is 53.5 Å². The highest BCUT2D eigenvalue weighted by molar-refractivity contribution is 6.34. The molecule has 0 radical (unpaired) electrons. The van der Waals surface area contributed by atoms with E-state index in [4.69, 9.17) is 23.2 Å². The minimum atomic E-state index is -0.350. The lowest BCUT2D eigenvalue weighted by atomic mass is 10.2. The van der Waals surface area contributed by atoms with Gasteiger partial charge >= 0.3 is 0 Å². The molecular weight excluding hydrogens is 399 g/mol. The molecule has 1 heterocycles. The Morgan fingerprint density at radius 2 is 1.54 bits per heavy atom. The summed E-state index contributed by atoms with van der Waals surface area (Å²) in [5, 5.41) is 10.4. The van der Waals surface area contributed by atoms with Crippen LogP contribution >= 0.6 is 23.2 Å². The molecule has 0 unspecified atom stereocenters. The lowest BCUT2D eigenvalue weighted by Gasteiger charge is -2.08. The second kappa shape index (κ2) is 8.91. The van der Waals surface area contributed by atoms with Gasteiger partial charge in [-0.15, -0.1) is 0 Å². The zero-order chi connectivity index (χ0) is 20.1. The SMILES string of the molecule is Cc1nn(-c2ccccc2)c(Cl)c1C(=O)NCCNC(=O)c1ccccc1Cl. The average molecular weight is 417 g/mol. The number of halogens is 2. The van der Waals surface area contributed by atoms with Crippen LogP contribution in [0.25, 0.3) is 5.69 Å². The molecule has 2 amide bonds. The van der Waals surface area contributed by atoms with Crippen LogP contribution in [-0.4, -0.2) is 34.7 Å². The van der Waals surface area contributed by atoms with E-state index in [1.54, 1.807) is 31.2 Å². The number of hydrogen-bond donors (Lipinski definition) is 2. The van der Waals surface area contributed by atoms with Crippen molar-refractivity contribution in [3.8, 4) is 5.69 Å². The first-order valence-corrected chi connectivity index (χ1v) is 9.36. The van der Waals surface area contributed by atoms with Gasteiger partial charge in [-0.05, 0) is 31.2 Å². The van der Waals surface area contributed by atoms with Gasteiger partial charge in [0.1, 0.15) is 5.15 Å². The molecule has 0 saturated carbocycles. The van der Waals surface area contributed by atoms with Crippen LogP contribution in [0.5, 0.6) is 0 Å². The molecule has 2 N–H and O–H groups in total. The van der Waals surface area contributed by atoms with E-state index in [0.29, 0.717) is 21.8 Å². The number of carbonyl (C=O) groups is 2. The van der Waals surface area contributed by atoms with E-state index in [1.165, 1.54) is 4.68 Å². The van der Waals surface area contributed by atoms with Crippen molar-refractivity contribution in [2.24, 2.45) is 0 Å². The molecule has 0 bridgehead atoms. The van der Waals surface area contributed by atoms with Crippen molar-refractivity contribution in [3.05, 3.63) is 81.6 Å². The molecule has 0 saturated heterocycles. The Bertz CT molecular complexity index is 1000. The summed E-state index contributed by atoms with van der Waals surface area (Å²) >= 11 is 12.4. The molecule has 144 valence electrons. The van der Waals surface area contributed by atoms with E-state index in [-0.39, 0.29) is 30.1 Å². The number of aromatic nitrogens is 2. The second-order valence-electron chi connectivity index (χ2n) is 5.99. The van der Waals surface area contributed by atoms with Gasteiger partial charge in [-0.2, -0.15) is 5.10 Å². The molecule has 0 aliphatic heterocycles. The quantitative estimate of drug-likeness (QED) is 0.602. The van der Waals surface area contributed by atoms with Crippen molar-refractivity contribution < 1.29 is 9.59 Å². The third-order valence-corrected chi connectivity index (χ3v) is 4.73. The van der Waals surface area contributed by atoms with E-state index < -0.39 is 0 Å². The Hall–Kier alpha value is -2.83. The average Bonchev–Trinajstić information content (AvgIpc) is 3.00. The highest BCUT2D eigenvalue weighted by Gasteiger charge is 2.20. The largest absolute Gasteiger partial charge is 0.350 e. The lowest BCUT2D eigenvalue weighted by Crippen LogP contribution is -2.35. The fourth-order valence-corrected chi connectivity index (χ4v) is 3.26. The summed E-state index contributed by atoms with van der Waals surface area (Å²) in [5.74, 6) is -0.650. The summed E-state index contributed by atoms with van der Waals surface area (Å²) in [6.07, 6.45) is 0. The van der Waals surface area contributed by atoms with E-state index in [9.17, 15) is 9.59 Å². The molecule has 0 spiro atoms. The summed E-state index contributed by atoms with van der Waals surface area (Å²) in [6, 6.07) is 16.1. The van der Waals surface area contributed by atoms with Gasteiger partial charge in [0.05, 0.1) is 27.5 Å². The first-order chi connectivity index (χ1) is 13.5. The van der Waals surface area contributed by atoms with Crippen LogP contribution in [0.4, 0.5) is 0 Å². The number of nitrogens with one attached hydrogen (secondary N) is 2. The van der Waals surface area contributed by atoms with Gasteiger partial charge in [0.2, 0.25) is 0 Å². The van der Waals surface area contributed by atoms with Gasteiger partial charge in [0.15, 0.2) is 0 Å². The van der Waals surface area contributed by atoms with Crippen molar-refractivity contribution in [1.29, 1.82) is 0 Å². The van der Waals surface area contributed by atoms with E-state index in [2.05, 4.69) is 15.7 Å². The third kappa shape index (κ3) is 4.35. The molecule has 2 aromatic carbocycles. The van der Waals surface area contributed by atoms with Crippen LogP contribution in [0.1, 0.15) is 26.4 Å². The molecule has 3 rings (SSSR count). The molecule has 0 aliphatic carbocycles. The van der Waals surface area contributed by atoms with Gasteiger partial charge in [-0.25, -0.2) is 4.68 Å². The zero-order valence-corrected chi connectivity index (χ0v) is 16.6. The Morgan fingerprint density at radius 3 is 2.21 bits per heavy atom. The van der Waals surface area contributed by atoms with Crippen LogP contribution in [0.2, 0.25) is 10.2 Å². The topological polar surface area (TPSA) is 76.0 Å². The molecule has 8 heteroatoms. The smallest absolute Gasteiger partial charge is 0.256 e. The maximum Gasteiger partial charge on any atom is 0.256 e.